The molecule has 0 aromatic heterocycles. The van der Waals surface area contributed by atoms with Gasteiger partial charge in [0.25, 0.3) is 0 Å². The molecule has 5 nitrogen and oxygen atoms in total. The maximum absolute atomic E-state index is 13.2. The second-order valence-electron chi connectivity index (χ2n) is 7.92. The Morgan fingerprint density at radius 3 is 2.62 bits per heavy atom. The SMILES string of the molecule is C[C@H]1CCCC[C@H]1NS(=O)(=O)c1cc(Br)cc2c1N(C(=O)C1CC1)CC2. The number of fused-ring (bicyclic) bond motifs is 1. The van der Waals surface area contributed by atoms with E-state index in [0.717, 1.165) is 48.6 Å². The number of hydrogen-bond donors (Lipinski definition) is 1. The Morgan fingerprint density at radius 1 is 1.19 bits per heavy atom. The number of anilines is 1. The maximum atomic E-state index is 13.2. The van der Waals surface area contributed by atoms with Gasteiger partial charge in [0.05, 0.1) is 5.69 Å². The van der Waals surface area contributed by atoms with Crippen molar-refractivity contribution in [2.45, 2.75) is 62.8 Å². The van der Waals surface area contributed by atoms with Gasteiger partial charge in [0.15, 0.2) is 0 Å². The number of hydrogen-bond acceptors (Lipinski definition) is 3. The van der Waals surface area contributed by atoms with E-state index in [1.807, 2.05) is 6.07 Å². The third-order valence-corrected chi connectivity index (χ3v) is 7.85. The molecule has 7 heteroatoms. The number of benzene rings is 1. The summed E-state index contributed by atoms with van der Waals surface area (Å²) in [4.78, 5) is 14.6. The Labute approximate surface area is 163 Å². The van der Waals surface area contributed by atoms with Gasteiger partial charge in [-0.25, -0.2) is 13.1 Å². The molecule has 0 saturated heterocycles. The first-order valence-electron chi connectivity index (χ1n) is 9.53. The smallest absolute Gasteiger partial charge is 0.242 e. The molecule has 1 amide bonds. The molecule has 0 unspecified atom stereocenters. The summed E-state index contributed by atoms with van der Waals surface area (Å²) in [6, 6.07) is 3.56. The minimum absolute atomic E-state index is 0.0302. The van der Waals surface area contributed by atoms with Crippen LogP contribution in [0.1, 0.15) is 51.0 Å². The van der Waals surface area contributed by atoms with E-state index >= 15 is 0 Å². The molecule has 2 saturated carbocycles. The molecule has 1 aliphatic heterocycles. The number of nitrogens with one attached hydrogen (secondary N) is 1. The Bertz CT molecular complexity index is 835. The molecule has 1 heterocycles. The van der Waals surface area contributed by atoms with Crippen molar-refractivity contribution < 1.29 is 13.2 Å². The second-order valence-corrected chi connectivity index (χ2v) is 10.5. The molecule has 4 rings (SSSR count). The highest BCUT2D eigenvalue weighted by Gasteiger charge is 2.40. The quantitative estimate of drug-likeness (QED) is 0.777. The molecule has 0 bridgehead atoms. The summed E-state index contributed by atoms with van der Waals surface area (Å²) in [6.45, 7) is 2.68. The molecular formula is C19H25BrN2O3S. The Hall–Kier alpha value is -0.920. The molecule has 2 aliphatic carbocycles. The Kier molecular flexibility index (Phi) is 4.90. The minimum Gasteiger partial charge on any atom is -0.310 e. The van der Waals surface area contributed by atoms with E-state index in [-0.39, 0.29) is 22.8 Å². The van der Waals surface area contributed by atoms with Crippen molar-refractivity contribution in [1.29, 1.82) is 0 Å². The summed E-state index contributed by atoms with van der Waals surface area (Å²) in [5.74, 6) is 0.489. The molecule has 26 heavy (non-hydrogen) atoms. The predicted octanol–water partition coefficient (Wildman–Crippen LogP) is 3.61. The van der Waals surface area contributed by atoms with Crippen molar-refractivity contribution in [2.24, 2.45) is 11.8 Å². The topological polar surface area (TPSA) is 66.5 Å². The molecule has 0 radical (unpaired) electrons. The van der Waals surface area contributed by atoms with Crippen molar-refractivity contribution in [2.75, 3.05) is 11.4 Å². The fourth-order valence-corrected chi connectivity index (χ4v) is 6.51. The monoisotopic (exact) mass is 440 g/mol. The molecule has 142 valence electrons. The van der Waals surface area contributed by atoms with E-state index in [2.05, 4.69) is 27.6 Å². The Balaban J connectivity index is 1.70. The summed E-state index contributed by atoms with van der Waals surface area (Å²) in [6.07, 6.45) is 6.69. The van der Waals surface area contributed by atoms with Crippen LogP contribution in [-0.4, -0.2) is 26.9 Å². The van der Waals surface area contributed by atoms with Gasteiger partial charge in [-0.05, 0) is 55.7 Å². The second kappa shape index (κ2) is 6.91. The molecule has 2 fully saturated rings. The molecule has 1 aromatic rings. The van der Waals surface area contributed by atoms with Gasteiger partial charge < -0.3 is 4.90 Å². The van der Waals surface area contributed by atoms with Crippen molar-refractivity contribution in [3.8, 4) is 0 Å². The number of nitrogens with zero attached hydrogens (tertiary/aromatic N) is 1. The lowest BCUT2D eigenvalue weighted by Gasteiger charge is -2.30. The zero-order chi connectivity index (χ0) is 18.5. The molecule has 1 N–H and O–H groups in total. The van der Waals surface area contributed by atoms with Crippen LogP contribution >= 0.6 is 15.9 Å². The van der Waals surface area contributed by atoms with Crippen LogP contribution in [0, 0.1) is 11.8 Å². The number of rotatable bonds is 4. The van der Waals surface area contributed by atoms with Crippen LogP contribution in [0.15, 0.2) is 21.5 Å². The van der Waals surface area contributed by atoms with E-state index in [1.54, 1.807) is 11.0 Å². The molecule has 3 aliphatic rings. The third kappa shape index (κ3) is 3.45. The summed E-state index contributed by atoms with van der Waals surface area (Å²) < 4.78 is 30.2. The summed E-state index contributed by atoms with van der Waals surface area (Å²) in [7, 11) is -3.69. The van der Waals surface area contributed by atoms with E-state index in [4.69, 9.17) is 0 Å². The number of sulfonamides is 1. The number of amides is 1. The van der Waals surface area contributed by atoms with Gasteiger partial charge >= 0.3 is 0 Å². The lowest BCUT2D eigenvalue weighted by molar-refractivity contribution is -0.119. The van der Waals surface area contributed by atoms with Crippen molar-refractivity contribution in [3.05, 3.63) is 22.2 Å². The first-order valence-corrected chi connectivity index (χ1v) is 11.8. The van der Waals surface area contributed by atoms with Crippen molar-refractivity contribution in [3.63, 3.8) is 0 Å². The van der Waals surface area contributed by atoms with Crippen LogP contribution in [-0.2, 0) is 21.2 Å². The largest absolute Gasteiger partial charge is 0.310 e. The predicted molar refractivity (Wildman–Crippen MR) is 105 cm³/mol. The van der Waals surface area contributed by atoms with E-state index < -0.39 is 10.0 Å². The van der Waals surface area contributed by atoms with E-state index in [1.165, 1.54) is 0 Å². The number of carbonyl (C=O) groups is 1. The zero-order valence-corrected chi connectivity index (χ0v) is 17.4. The van der Waals surface area contributed by atoms with Gasteiger partial charge in [0, 0.05) is 23.0 Å². The average Bonchev–Trinajstić information content (AvgIpc) is 3.35. The highest BCUT2D eigenvalue weighted by Crippen LogP contribution is 2.41. The highest BCUT2D eigenvalue weighted by molar-refractivity contribution is 9.10. The maximum Gasteiger partial charge on any atom is 0.242 e. The van der Waals surface area contributed by atoms with Crippen LogP contribution < -0.4 is 9.62 Å². The average molecular weight is 441 g/mol. The first-order chi connectivity index (χ1) is 12.4. The van der Waals surface area contributed by atoms with Gasteiger partial charge in [-0.15, -0.1) is 0 Å². The molecule has 2 atom stereocenters. The van der Waals surface area contributed by atoms with E-state index in [0.29, 0.717) is 24.6 Å². The fraction of sp³-hybridized carbons (Fsp3) is 0.632. The standard InChI is InChI=1S/C19H25BrN2O3S/c1-12-4-2-3-5-16(12)21-26(24,25)17-11-15(20)10-14-8-9-22(18(14)17)19(23)13-6-7-13/h10-13,16,21H,2-9H2,1H3/t12-,16+/m0/s1. The van der Waals surface area contributed by atoms with Crippen LogP contribution in [0.25, 0.3) is 0 Å². The zero-order valence-electron chi connectivity index (χ0n) is 15.0. The number of carbonyl (C=O) groups excluding carboxylic acids is 1. The van der Waals surface area contributed by atoms with Crippen molar-refractivity contribution in [1.82, 2.24) is 4.72 Å². The van der Waals surface area contributed by atoms with Gasteiger partial charge in [0.1, 0.15) is 4.90 Å². The summed E-state index contributed by atoms with van der Waals surface area (Å²) in [5.41, 5.74) is 1.53. The van der Waals surface area contributed by atoms with Crippen LogP contribution in [0.4, 0.5) is 5.69 Å². The van der Waals surface area contributed by atoms with E-state index in [9.17, 15) is 13.2 Å². The lowest BCUT2D eigenvalue weighted by atomic mass is 9.87. The van der Waals surface area contributed by atoms with Crippen LogP contribution in [0.5, 0.6) is 0 Å². The van der Waals surface area contributed by atoms with Gasteiger partial charge in [-0.1, -0.05) is 35.7 Å². The first kappa shape index (κ1) is 18.4. The fourth-order valence-electron chi connectivity index (χ4n) is 4.20. The minimum atomic E-state index is -3.69. The van der Waals surface area contributed by atoms with Crippen molar-refractivity contribution >= 4 is 37.5 Å². The summed E-state index contributed by atoms with van der Waals surface area (Å²) >= 11 is 3.45. The van der Waals surface area contributed by atoms with Gasteiger partial charge in [0.2, 0.25) is 15.9 Å². The highest BCUT2D eigenvalue weighted by atomic mass is 79.9. The Morgan fingerprint density at radius 2 is 1.92 bits per heavy atom. The third-order valence-electron chi connectivity index (χ3n) is 5.89. The molecule has 0 spiro atoms. The summed E-state index contributed by atoms with van der Waals surface area (Å²) in [5, 5.41) is 0. The normalized spacial score (nSPS) is 26.0. The number of halogens is 1. The lowest BCUT2D eigenvalue weighted by Crippen LogP contribution is -2.41. The van der Waals surface area contributed by atoms with Crippen LogP contribution in [0.2, 0.25) is 0 Å². The van der Waals surface area contributed by atoms with Gasteiger partial charge in [-0.3, -0.25) is 4.79 Å². The van der Waals surface area contributed by atoms with Crippen LogP contribution in [0.3, 0.4) is 0 Å². The molecule has 1 aromatic carbocycles. The van der Waals surface area contributed by atoms with Gasteiger partial charge in [-0.2, -0.15) is 0 Å². The molecular weight excluding hydrogens is 416 g/mol.